The maximum atomic E-state index is 11.4. The quantitative estimate of drug-likeness (QED) is 0.0129. The van der Waals surface area contributed by atoms with Crippen LogP contribution in [0, 0.1) is 13.8 Å². The SMILES string of the molecule is CCCCCCCCC1(CCCCCCCC)c2cc(C)ccc2-c2ccc(-c3ccc4c5ccc(-c6ccc(C)c7nsnc67)cc5[c-](CCCCCCCCCCCS(=O)(=O)O[O-])c4c3)cc21.CCCCCCCCCCCS(=O)(=O)OO.[Na+].[Na+]. The third-order valence-corrected chi connectivity index (χ3v) is 20.7. The van der Waals surface area contributed by atoms with E-state index in [0.29, 0.717) is 12.8 Å². The Morgan fingerprint density at radius 2 is 0.885 bits per heavy atom. The van der Waals surface area contributed by atoms with Crippen LogP contribution in [0.25, 0.3) is 66.0 Å². The van der Waals surface area contributed by atoms with Crippen molar-refractivity contribution < 1.29 is 95.1 Å². The summed E-state index contributed by atoms with van der Waals surface area (Å²) in [6, 6.07) is 33.5. The topological polar surface area (TPSA) is 156 Å². The molecule has 0 amide bonds. The average molecular weight is 1260 g/mol. The Balaban J connectivity index is 0.000000672. The second-order valence-electron chi connectivity index (χ2n) is 24.7. The van der Waals surface area contributed by atoms with Crippen molar-refractivity contribution in [2.24, 2.45) is 0 Å². The fourth-order valence-electron chi connectivity index (χ4n) is 13.4. The molecule has 0 spiro atoms. The van der Waals surface area contributed by atoms with E-state index >= 15 is 0 Å². The van der Waals surface area contributed by atoms with Gasteiger partial charge in [-0.15, -0.1) is 43.6 Å². The van der Waals surface area contributed by atoms with Crippen LogP contribution in [-0.2, 0) is 40.7 Å². The third-order valence-electron chi connectivity index (χ3n) is 18.2. The number of aryl methyl sites for hydroxylation is 3. The van der Waals surface area contributed by atoms with Crippen molar-refractivity contribution in [2.75, 3.05) is 11.5 Å². The van der Waals surface area contributed by atoms with Crippen LogP contribution in [0.2, 0.25) is 0 Å². The van der Waals surface area contributed by atoms with E-state index in [1.165, 1.54) is 220 Å². The summed E-state index contributed by atoms with van der Waals surface area (Å²) in [6.07, 6.45) is 38.5. The van der Waals surface area contributed by atoms with Gasteiger partial charge in [-0.3, -0.25) is 0 Å². The van der Waals surface area contributed by atoms with Gasteiger partial charge in [-0.1, -0.05) is 291 Å². The Morgan fingerprint density at radius 3 is 1.41 bits per heavy atom. The molecule has 6 aromatic carbocycles. The van der Waals surface area contributed by atoms with E-state index in [4.69, 9.17) is 9.63 Å². The van der Waals surface area contributed by atoms with Crippen molar-refractivity contribution in [3.63, 3.8) is 0 Å². The maximum Gasteiger partial charge on any atom is 1.00 e. The largest absolute Gasteiger partial charge is 1.00 e. The van der Waals surface area contributed by atoms with Crippen LogP contribution in [-0.4, -0.2) is 42.3 Å². The molecule has 1 aromatic heterocycles. The van der Waals surface area contributed by atoms with Crippen LogP contribution < -0.4 is 64.4 Å². The first-order valence-electron chi connectivity index (χ1n) is 33.0. The van der Waals surface area contributed by atoms with Gasteiger partial charge < -0.3 is 9.59 Å². The number of nitrogens with zero attached hydrogens (tertiary/aromatic N) is 2. The van der Waals surface area contributed by atoms with Gasteiger partial charge in [0.2, 0.25) is 0 Å². The molecule has 0 fully saturated rings. The van der Waals surface area contributed by atoms with E-state index in [9.17, 15) is 22.1 Å². The first-order chi connectivity index (χ1) is 41.3. The smallest absolute Gasteiger partial charge is 0.707 e. The summed E-state index contributed by atoms with van der Waals surface area (Å²) in [4.78, 5) is 0. The van der Waals surface area contributed by atoms with E-state index < -0.39 is 20.2 Å². The summed E-state index contributed by atoms with van der Waals surface area (Å²) in [5.41, 5.74) is 17.0. The Labute approximate surface area is 572 Å². The molecular weight excluding hydrogens is 1160 g/mol. The summed E-state index contributed by atoms with van der Waals surface area (Å²) in [7, 11) is -7.57. The molecule has 0 unspecified atom stereocenters. The second-order valence-corrected chi connectivity index (χ2v) is 28.6. The molecule has 1 N–H and O–H groups in total. The van der Waals surface area contributed by atoms with Crippen molar-refractivity contribution >= 4 is 64.5 Å². The number of hydrogen-bond acceptors (Lipinski definition) is 11. The Kier molecular flexibility index (Phi) is 33.9. The Bertz CT molecular complexity index is 3380. The normalized spacial score (nSPS) is 12.7. The molecule has 15 heteroatoms. The molecule has 0 bridgehead atoms. The van der Waals surface area contributed by atoms with Gasteiger partial charge in [-0.05, 0) is 78.5 Å². The van der Waals surface area contributed by atoms with E-state index in [-0.39, 0.29) is 76.0 Å². The van der Waals surface area contributed by atoms with Gasteiger partial charge in [0.25, 0.3) is 20.2 Å². The van der Waals surface area contributed by atoms with E-state index in [0.717, 1.165) is 73.5 Å². The van der Waals surface area contributed by atoms with Gasteiger partial charge in [-0.2, -0.15) is 17.2 Å². The molecule has 466 valence electrons. The second kappa shape index (κ2) is 39.2. The average Bonchev–Trinajstić information content (AvgIpc) is 1.59. The van der Waals surface area contributed by atoms with Gasteiger partial charge in [0.05, 0.1) is 23.2 Å². The fourth-order valence-corrected chi connectivity index (χ4v) is 15.3. The number of benzene rings is 5. The van der Waals surface area contributed by atoms with E-state index in [1.54, 1.807) is 11.1 Å². The van der Waals surface area contributed by atoms with Crippen LogP contribution in [0.5, 0.6) is 0 Å². The number of aromatic nitrogens is 2. The Morgan fingerprint density at radius 1 is 0.471 bits per heavy atom. The van der Waals surface area contributed by atoms with E-state index in [2.05, 4.69) is 133 Å². The number of fused-ring (bicyclic) bond motifs is 7. The van der Waals surface area contributed by atoms with Crippen molar-refractivity contribution in [3.05, 3.63) is 113 Å². The molecular formula is C72H100N2Na2O8S3. The molecule has 0 atom stereocenters. The zero-order chi connectivity index (χ0) is 60.5. The Hall–Kier alpha value is -2.47. The van der Waals surface area contributed by atoms with Crippen molar-refractivity contribution in [1.29, 1.82) is 0 Å². The first kappa shape index (κ1) is 75.3. The minimum absolute atomic E-state index is 0. The molecule has 8 rings (SSSR count). The van der Waals surface area contributed by atoms with Gasteiger partial charge in [0.1, 0.15) is 11.0 Å². The fraction of sp³-hybridized carbons (Fsp3) is 0.569. The monoisotopic (exact) mass is 1260 g/mol. The van der Waals surface area contributed by atoms with Gasteiger partial charge in [-0.25, -0.2) is 13.7 Å². The zero-order valence-electron chi connectivity index (χ0n) is 54.3. The number of rotatable bonds is 40. The molecule has 87 heavy (non-hydrogen) atoms. The molecule has 0 aliphatic heterocycles. The molecule has 0 radical (unpaired) electrons. The van der Waals surface area contributed by atoms with Gasteiger partial charge in [0.15, 0.2) is 0 Å². The molecule has 0 saturated carbocycles. The van der Waals surface area contributed by atoms with Crippen molar-refractivity contribution in [1.82, 2.24) is 8.75 Å². The third kappa shape index (κ3) is 21.8. The number of hydrogen-bond donors (Lipinski definition) is 1. The molecule has 10 nitrogen and oxygen atoms in total. The summed E-state index contributed by atoms with van der Waals surface area (Å²) < 4.78 is 60.3. The molecule has 1 aliphatic carbocycles. The summed E-state index contributed by atoms with van der Waals surface area (Å²) in [6.45, 7) is 11.2. The predicted molar refractivity (Wildman–Crippen MR) is 355 cm³/mol. The minimum atomic E-state index is -3.91. The van der Waals surface area contributed by atoms with Crippen LogP contribution in [0.15, 0.2) is 84.9 Å². The van der Waals surface area contributed by atoms with E-state index in [1.807, 2.05) is 0 Å². The van der Waals surface area contributed by atoms with Gasteiger partial charge in [0, 0.05) is 11.0 Å². The maximum absolute atomic E-state index is 11.4. The molecule has 7 aromatic rings. The van der Waals surface area contributed by atoms with Crippen LogP contribution >= 0.6 is 11.7 Å². The van der Waals surface area contributed by atoms with Crippen LogP contribution in [0.1, 0.15) is 254 Å². The number of unbranched alkanes of at least 4 members (excludes halogenated alkanes) is 26. The van der Waals surface area contributed by atoms with Crippen molar-refractivity contribution in [2.45, 2.75) is 252 Å². The zero-order valence-corrected chi connectivity index (χ0v) is 60.7. The first-order valence-corrected chi connectivity index (χ1v) is 36.9. The van der Waals surface area contributed by atoms with Crippen LogP contribution in [0.4, 0.5) is 0 Å². The minimum Gasteiger partial charge on any atom is -0.707 e. The summed E-state index contributed by atoms with van der Waals surface area (Å²) >= 11 is 1.29. The van der Waals surface area contributed by atoms with Crippen molar-refractivity contribution in [3.8, 4) is 33.4 Å². The predicted octanol–water partition coefficient (Wildman–Crippen LogP) is 14.5. The summed E-state index contributed by atoms with van der Waals surface area (Å²) in [5, 5.41) is 23.7. The summed E-state index contributed by atoms with van der Waals surface area (Å²) in [5.74, 6) is -0.275. The van der Waals surface area contributed by atoms with Crippen LogP contribution in [0.3, 0.4) is 0 Å². The standard InChI is InChI=1S/C61H77N2O4S2.C11H24O4S.2Na/c1-5-7-9-11-19-23-37-61(38-24-20-12-10-8-6-2)57-40-44(3)27-32-53(57)54-36-30-47(43-58(54)61)46-29-34-51-52-35-31-48(49-33-28-45(4)59-60(49)63-68-62-59)42-56(52)50(55(51)41-46)26-22-18-16-14-13-15-17-21-25-39-69(65,66)67-64;1-2-3-4-5-6-7-8-9-10-11-16(13,14)15-12;;/h27-36,40-43,64H,5-26,37-39H2,1-4H3;12H,2-11H2,1H3;;/q-1;;2*+1/p-1. The molecule has 0 saturated heterocycles. The molecule has 1 heterocycles. The van der Waals surface area contributed by atoms with Gasteiger partial charge >= 0.3 is 59.1 Å². The molecule has 1 aliphatic rings.